The van der Waals surface area contributed by atoms with Crippen molar-refractivity contribution in [1.82, 2.24) is 9.80 Å². The highest BCUT2D eigenvalue weighted by atomic mass is 16.5. The molecule has 2 aliphatic rings. The topological polar surface area (TPSA) is 79.5 Å². The zero-order valence-electron chi connectivity index (χ0n) is 15.4. The second-order valence-corrected chi connectivity index (χ2v) is 6.39. The summed E-state index contributed by atoms with van der Waals surface area (Å²) in [5.41, 5.74) is 2.02. The SMILES string of the molecule is COc1cc2c(cc1OC)NC(N1CCN(C(=O)c3ccco3)CC1)=NC2. The van der Waals surface area contributed by atoms with Crippen LogP contribution < -0.4 is 14.8 Å². The Kier molecular flexibility index (Phi) is 4.62. The zero-order valence-corrected chi connectivity index (χ0v) is 15.4. The highest BCUT2D eigenvalue weighted by Gasteiger charge is 2.27. The first-order valence-corrected chi connectivity index (χ1v) is 8.83. The van der Waals surface area contributed by atoms with E-state index in [2.05, 4.69) is 15.2 Å². The van der Waals surface area contributed by atoms with Gasteiger partial charge in [-0.25, -0.2) is 4.99 Å². The molecule has 1 aromatic carbocycles. The van der Waals surface area contributed by atoms with Gasteiger partial charge in [0.2, 0.25) is 0 Å². The third-order valence-electron chi connectivity index (χ3n) is 4.85. The van der Waals surface area contributed by atoms with Crippen LogP contribution in [-0.4, -0.2) is 62.1 Å². The van der Waals surface area contributed by atoms with Crippen LogP contribution in [0.1, 0.15) is 16.1 Å². The van der Waals surface area contributed by atoms with Crippen LogP contribution >= 0.6 is 0 Å². The van der Waals surface area contributed by atoms with E-state index in [1.165, 1.54) is 6.26 Å². The first-order valence-electron chi connectivity index (χ1n) is 8.83. The highest BCUT2D eigenvalue weighted by molar-refractivity contribution is 5.97. The molecule has 1 amide bonds. The number of amides is 1. The standard InChI is InChI=1S/C19H22N4O4/c1-25-16-10-13-12-20-19(21-14(13)11-17(16)26-2)23-7-5-22(6-8-23)18(24)15-4-3-9-27-15/h3-4,9-11H,5-8,12H2,1-2H3,(H,20,21). The third kappa shape index (κ3) is 3.30. The highest BCUT2D eigenvalue weighted by Crippen LogP contribution is 2.35. The number of aliphatic imine (C=N–C) groups is 1. The molecule has 0 radical (unpaired) electrons. The lowest BCUT2D eigenvalue weighted by molar-refractivity contribution is 0.0659. The maximum Gasteiger partial charge on any atom is 0.289 e. The Morgan fingerprint density at radius 2 is 1.89 bits per heavy atom. The maximum atomic E-state index is 12.4. The van der Waals surface area contributed by atoms with Crippen molar-refractivity contribution in [3.05, 3.63) is 41.9 Å². The van der Waals surface area contributed by atoms with Gasteiger partial charge in [-0.1, -0.05) is 0 Å². The van der Waals surface area contributed by atoms with E-state index < -0.39 is 0 Å². The second kappa shape index (κ2) is 7.22. The lowest BCUT2D eigenvalue weighted by atomic mass is 10.1. The molecule has 1 aromatic heterocycles. The lowest BCUT2D eigenvalue weighted by Crippen LogP contribution is -2.52. The van der Waals surface area contributed by atoms with Crippen LogP contribution in [0.3, 0.4) is 0 Å². The molecule has 2 aromatic rings. The third-order valence-corrected chi connectivity index (χ3v) is 4.85. The Hall–Kier alpha value is -3.16. The van der Waals surface area contributed by atoms with E-state index >= 15 is 0 Å². The predicted octanol–water partition coefficient (Wildman–Crippen LogP) is 2.04. The number of ether oxygens (including phenoxy) is 2. The van der Waals surface area contributed by atoms with Gasteiger partial charge in [-0.3, -0.25) is 4.79 Å². The molecular formula is C19H22N4O4. The fourth-order valence-corrected chi connectivity index (χ4v) is 3.34. The van der Waals surface area contributed by atoms with Crippen LogP contribution in [0.25, 0.3) is 0 Å². The van der Waals surface area contributed by atoms with Gasteiger partial charge in [0.05, 0.1) is 27.0 Å². The molecule has 3 heterocycles. The second-order valence-electron chi connectivity index (χ2n) is 6.39. The summed E-state index contributed by atoms with van der Waals surface area (Å²) in [5.74, 6) is 2.51. The Balaban J connectivity index is 1.42. The number of guanidine groups is 1. The molecule has 27 heavy (non-hydrogen) atoms. The number of nitrogens with zero attached hydrogens (tertiary/aromatic N) is 3. The largest absolute Gasteiger partial charge is 0.493 e. The minimum absolute atomic E-state index is 0.0691. The number of fused-ring (bicyclic) bond motifs is 1. The summed E-state index contributed by atoms with van der Waals surface area (Å²) < 4.78 is 15.9. The van der Waals surface area contributed by atoms with Crippen molar-refractivity contribution in [3.63, 3.8) is 0 Å². The summed E-state index contributed by atoms with van der Waals surface area (Å²) in [4.78, 5) is 21.0. The fourth-order valence-electron chi connectivity index (χ4n) is 3.34. The summed E-state index contributed by atoms with van der Waals surface area (Å²) >= 11 is 0. The van der Waals surface area contributed by atoms with E-state index in [0.717, 1.165) is 17.2 Å². The normalized spacial score (nSPS) is 16.3. The average Bonchev–Trinajstić information content (AvgIpc) is 3.26. The minimum Gasteiger partial charge on any atom is -0.493 e. The van der Waals surface area contributed by atoms with Gasteiger partial charge in [0.1, 0.15) is 0 Å². The van der Waals surface area contributed by atoms with Crippen molar-refractivity contribution in [2.45, 2.75) is 6.54 Å². The molecule has 142 valence electrons. The maximum absolute atomic E-state index is 12.4. The molecule has 0 saturated carbocycles. The van der Waals surface area contributed by atoms with Crippen molar-refractivity contribution in [1.29, 1.82) is 0 Å². The Morgan fingerprint density at radius 3 is 2.56 bits per heavy atom. The van der Waals surface area contributed by atoms with Crippen LogP contribution in [0, 0.1) is 0 Å². The quantitative estimate of drug-likeness (QED) is 0.891. The van der Waals surface area contributed by atoms with Gasteiger partial charge in [0, 0.05) is 43.5 Å². The minimum atomic E-state index is -0.0691. The molecule has 2 aliphatic heterocycles. The van der Waals surface area contributed by atoms with Crippen molar-refractivity contribution in [3.8, 4) is 11.5 Å². The van der Waals surface area contributed by atoms with Crippen LogP contribution in [-0.2, 0) is 6.54 Å². The smallest absolute Gasteiger partial charge is 0.289 e. The number of hydrogen-bond donors (Lipinski definition) is 1. The Labute approximate surface area is 157 Å². The van der Waals surface area contributed by atoms with Crippen LogP contribution in [0.4, 0.5) is 5.69 Å². The molecule has 0 bridgehead atoms. The van der Waals surface area contributed by atoms with Crippen LogP contribution in [0.5, 0.6) is 11.5 Å². The monoisotopic (exact) mass is 370 g/mol. The van der Waals surface area contributed by atoms with Crippen molar-refractivity contribution in [2.75, 3.05) is 45.7 Å². The molecule has 8 heteroatoms. The fraction of sp³-hybridized carbons (Fsp3) is 0.368. The van der Waals surface area contributed by atoms with Gasteiger partial charge >= 0.3 is 0 Å². The number of nitrogens with one attached hydrogen (secondary N) is 1. The number of methoxy groups -OCH3 is 2. The van der Waals surface area contributed by atoms with Gasteiger partial charge in [-0.2, -0.15) is 0 Å². The summed E-state index contributed by atoms with van der Waals surface area (Å²) in [6.45, 7) is 3.24. The van der Waals surface area contributed by atoms with Gasteiger partial charge in [0.15, 0.2) is 23.2 Å². The van der Waals surface area contributed by atoms with E-state index in [-0.39, 0.29) is 5.91 Å². The van der Waals surface area contributed by atoms with E-state index in [0.29, 0.717) is 50.0 Å². The first-order chi connectivity index (χ1) is 13.2. The number of benzene rings is 1. The average molecular weight is 370 g/mol. The lowest BCUT2D eigenvalue weighted by Gasteiger charge is -2.37. The molecular weight excluding hydrogens is 348 g/mol. The molecule has 1 saturated heterocycles. The molecule has 0 spiro atoms. The number of furan rings is 1. The van der Waals surface area contributed by atoms with Crippen molar-refractivity contribution < 1.29 is 18.7 Å². The summed E-state index contributed by atoms with van der Waals surface area (Å²) in [5, 5.41) is 3.38. The molecule has 0 unspecified atom stereocenters. The summed E-state index contributed by atoms with van der Waals surface area (Å²) in [6, 6.07) is 7.30. The molecule has 1 fully saturated rings. The van der Waals surface area contributed by atoms with E-state index in [1.54, 1.807) is 31.3 Å². The Morgan fingerprint density at radius 1 is 1.15 bits per heavy atom. The molecule has 4 rings (SSSR count). The Bertz CT molecular complexity index is 855. The zero-order chi connectivity index (χ0) is 18.8. The summed E-state index contributed by atoms with van der Waals surface area (Å²) in [7, 11) is 3.25. The number of anilines is 1. The van der Waals surface area contributed by atoms with Crippen LogP contribution in [0.15, 0.2) is 39.9 Å². The number of hydrogen-bond acceptors (Lipinski definition) is 7. The molecule has 1 N–H and O–H groups in total. The van der Waals surface area contributed by atoms with Gasteiger partial charge in [-0.05, 0) is 18.2 Å². The van der Waals surface area contributed by atoms with E-state index in [9.17, 15) is 4.79 Å². The van der Waals surface area contributed by atoms with Gasteiger partial charge in [-0.15, -0.1) is 0 Å². The van der Waals surface area contributed by atoms with Crippen molar-refractivity contribution in [2.24, 2.45) is 4.99 Å². The van der Waals surface area contributed by atoms with Crippen molar-refractivity contribution >= 4 is 17.6 Å². The van der Waals surface area contributed by atoms with Crippen LogP contribution in [0.2, 0.25) is 0 Å². The number of rotatable bonds is 3. The first kappa shape index (κ1) is 17.3. The number of carbonyl (C=O) groups excluding carboxylic acids is 1. The van der Waals surface area contributed by atoms with E-state index in [1.807, 2.05) is 12.1 Å². The molecule has 0 atom stereocenters. The van der Waals surface area contributed by atoms with Gasteiger partial charge < -0.3 is 29.0 Å². The number of piperazine rings is 1. The molecule has 0 aliphatic carbocycles. The number of carbonyl (C=O) groups is 1. The predicted molar refractivity (Wildman–Crippen MR) is 100 cm³/mol. The van der Waals surface area contributed by atoms with E-state index in [4.69, 9.17) is 13.9 Å². The summed E-state index contributed by atoms with van der Waals surface area (Å²) in [6.07, 6.45) is 1.52. The molecule has 8 nitrogen and oxygen atoms in total. The van der Waals surface area contributed by atoms with Gasteiger partial charge in [0.25, 0.3) is 5.91 Å².